The van der Waals surface area contributed by atoms with Crippen molar-refractivity contribution in [3.8, 4) is 5.75 Å². The van der Waals surface area contributed by atoms with Gasteiger partial charge in [-0.25, -0.2) is 0 Å². The summed E-state index contributed by atoms with van der Waals surface area (Å²) in [6.45, 7) is 5.30. The summed E-state index contributed by atoms with van der Waals surface area (Å²) in [6.07, 6.45) is 3.14. The van der Waals surface area contributed by atoms with Gasteiger partial charge in [-0.1, -0.05) is 31.9 Å². The van der Waals surface area contributed by atoms with E-state index in [1.165, 1.54) is 17.5 Å². The summed E-state index contributed by atoms with van der Waals surface area (Å²) in [5.74, 6) is 1.72. The fourth-order valence-electron chi connectivity index (χ4n) is 2.61. The molecule has 0 aliphatic carbocycles. The zero-order valence-electron chi connectivity index (χ0n) is 11.4. The predicted molar refractivity (Wildman–Crippen MR) is 76.7 cm³/mol. The molecule has 100 valence electrons. The van der Waals surface area contributed by atoms with Crippen LogP contribution in [0.25, 0.3) is 0 Å². The van der Waals surface area contributed by atoms with Crippen molar-refractivity contribution in [2.24, 2.45) is 5.92 Å². The fraction of sp³-hybridized carbons (Fsp3) is 0.600. The third-order valence-electron chi connectivity index (χ3n) is 3.97. The molecule has 0 radical (unpaired) electrons. The van der Waals surface area contributed by atoms with Crippen LogP contribution in [0.3, 0.4) is 0 Å². The van der Waals surface area contributed by atoms with Crippen molar-refractivity contribution in [3.05, 3.63) is 28.3 Å². The lowest BCUT2D eigenvalue weighted by Gasteiger charge is -2.23. The van der Waals surface area contributed by atoms with Gasteiger partial charge in [-0.05, 0) is 42.6 Å². The quantitative estimate of drug-likeness (QED) is 0.882. The van der Waals surface area contributed by atoms with Gasteiger partial charge in [0, 0.05) is 17.5 Å². The summed E-state index contributed by atoms with van der Waals surface area (Å²) >= 11 is 6.19. The molecule has 3 heteroatoms. The Bertz CT molecular complexity index is 419. The molecule has 0 spiro atoms. The number of hydrogen-bond acceptors (Lipinski definition) is 2. The second kappa shape index (κ2) is 5.94. The van der Waals surface area contributed by atoms with Crippen molar-refractivity contribution in [1.82, 2.24) is 5.32 Å². The maximum Gasteiger partial charge on any atom is 0.125 e. The first kappa shape index (κ1) is 13.7. The van der Waals surface area contributed by atoms with Crippen molar-refractivity contribution in [2.75, 3.05) is 13.7 Å². The molecular weight excluding hydrogens is 246 g/mol. The summed E-state index contributed by atoms with van der Waals surface area (Å²) in [5.41, 5.74) is 2.51. The van der Waals surface area contributed by atoms with Crippen molar-refractivity contribution < 1.29 is 4.74 Å². The Morgan fingerprint density at radius 3 is 2.89 bits per heavy atom. The van der Waals surface area contributed by atoms with Gasteiger partial charge in [0.05, 0.1) is 6.61 Å². The largest absolute Gasteiger partial charge is 0.493 e. The number of nitrogens with one attached hydrogen (secondary N) is 1. The molecule has 1 aliphatic heterocycles. The average molecular weight is 268 g/mol. The highest BCUT2D eigenvalue weighted by atomic mass is 35.5. The molecule has 18 heavy (non-hydrogen) atoms. The number of fused-ring (bicyclic) bond motifs is 1. The molecule has 1 heterocycles. The van der Waals surface area contributed by atoms with Crippen molar-refractivity contribution in [3.63, 3.8) is 0 Å². The molecule has 0 saturated carbocycles. The summed E-state index contributed by atoms with van der Waals surface area (Å²) < 4.78 is 5.76. The van der Waals surface area contributed by atoms with Crippen molar-refractivity contribution >= 4 is 11.6 Å². The van der Waals surface area contributed by atoms with Crippen LogP contribution in [0.2, 0.25) is 5.02 Å². The first-order valence-corrected chi connectivity index (χ1v) is 7.14. The zero-order valence-corrected chi connectivity index (χ0v) is 12.2. The van der Waals surface area contributed by atoms with Crippen molar-refractivity contribution in [1.29, 1.82) is 0 Å². The van der Waals surface area contributed by atoms with E-state index in [1.54, 1.807) is 0 Å². The van der Waals surface area contributed by atoms with Crippen LogP contribution in [-0.4, -0.2) is 19.7 Å². The molecule has 1 aromatic rings. The average Bonchev–Trinajstić information content (AvgIpc) is 2.82. The molecule has 2 atom stereocenters. The standard InChI is InChI=1S/C15H22ClNO/c1-4-10(2)14(17-3)9-12-8-13(16)7-11-5-6-18-15(11)12/h7-8,10,14,17H,4-6,9H2,1-3H3. The van der Waals surface area contributed by atoms with Crippen LogP contribution < -0.4 is 10.1 Å². The Balaban J connectivity index is 2.23. The van der Waals surface area contributed by atoms with E-state index in [1.807, 2.05) is 13.1 Å². The number of likely N-dealkylation sites (N-methyl/N-ethyl adjacent to an activating group) is 1. The molecule has 0 aromatic heterocycles. The molecular formula is C15H22ClNO. The molecule has 0 bridgehead atoms. The van der Waals surface area contributed by atoms with Gasteiger partial charge in [-0.3, -0.25) is 0 Å². The number of ether oxygens (including phenoxy) is 1. The summed E-state index contributed by atoms with van der Waals surface area (Å²) in [5, 5.41) is 4.24. The van der Waals surface area contributed by atoms with E-state index in [9.17, 15) is 0 Å². The minimum atomic E-state index is 0.474. The van der Waals surface area contributed by atoms with E-state index in [-0.39, 0.29) is 0 Å². The Morgan fingerprint density at radius 1 is 1.44 bits per heavy atom. The van der Waals surface area contributed by atoms with Crippen LogP contribution in [0.15, 0.2) is 12.1 Å². The first-order valence-electron chi connectivity index (χ1n) is 6.77. The number of rotatable bonds is 5. The van der Waals surface area contributed by atoms with Crippen molar-refractivity contribution in [2.45, 2.75) is 39.2 Å². The third-order valence-corrected chi connectivity index (χ3v) is 4.19. The second-order valence-corrected chi connectivity index (χ2v) is 5.57. The Labute approximate surface area is 115 Å². The molecule has 1 aromatic carbocycles. The van der Waals surface area contributed by atoms with E-state index in [0.29, 0.717) is 12.0 Å². The highest BCUT2D eigenvalue weighted by Gasteiger charge is 2.21. The molecule has 2 unspecified atom stereocenters. The van der Waals surface area contributed by atoms with Gasteiger partial charge in [0.1, 0.15) is 5.75 Å². The zero-order chi connectivity index (χ0) is 13.1. The highest BCUT2D eigenvalue weighted by Crippen LogP contribution is 2.34. The van der Waals surface area contributed by atoms with Crippen LogP contribution in [0.4, 0.5) is 0 Å². The summed E-state index contributed by atoms with van der Waals surface area (Å²) in [7, 11) is 2.03. The van der Waals surface area contributed by atoms with E-state index in [0.717, 1.165) is 30.2 Å². The van der Waals surface area contributed by atoms with E-state index >= 15 is 0 Å². The van der Waals surface area contributed by atoms with Gasteiger partial charge in [-0.15, -0.1) is 0 Å². The lowest BCUT2D eigenvalue weighted by atomic mass is 9.92. The first-order chi connectivity index (χ1) is 8.65. The Kier molecular flexibility index (Phi) is 4.52. The van der Waals surface area contributed by atoms with Gasteiger partial charge in [0.2, 0.25) is 0 Å². The van der Waals surface area contributed by atoms with Crippen LogP contribution in [0, 0.1) is 5.92 Å². The Morgan fingerprint density at radius 2 is 2.22 bits per heavy atom. The monoisotopic (exact) mass is 267 g/mol. The molecule has 1 aliphatic rings. The van der Waals surface area contributed by atoms with E-state index in [2.05, 4.69) is 25.2 Å². The maximum atomic E-state index is 6.19. The van der Waals surface area contributed by atoms with Gasteiger partial charge in [-0.2, -0.15) is 0 Å². The SMILES string of the molecule is CCC(C)C(Cc1cc(Cl)cc2c1OCC2)NC. The Hall–Kier alpha value is -0.730. The predicted octanol–water partition coefficient (Wildman–Crippen LogP) is 3.45. The molecule has 0 fully saturated rings. The van der Waals surface area contributed by atoms with E-state index < -0.39 is 0 Å². The number of hydrogen-bond donors (Lipinski definition) is 1. The second-order valence-electron chi connectivity index (χ2n) is 5.14. The number of halogens is 1. The molecule has 0 amide bonds. The van der Waals surface area contributed by atoms with Gasteiger partial charge >= 0.3 is 0 Å². The molecule has 2 nitrogen and oxygen atoms in total. The molecule has 1 N–H and O–H groups in total. The summed E-state index contributed by atoms with van der Waals surface area (Å²) in [6, 6.07) is 4.56. The topological polar surface area (TPSA) is 21.3 Å². The van der Waals surface area contributed by atoms with Gasteiger partial charge in [0.15, 0.2) is 0 Å². The smallest absolute Gasteiger partial charge is 0.125 e. The summed E-state index contributed by atoms with van der Waals surface area (Å²) in [4.78, 5) is 0. The maximum absolute atomic E-state index is 6.19. The number of benzene rings is 1. The highest BCUT2D eigenvalue weighted by molar-refractivity contribution is 6.30. The lowest BCUT2D eigenvalue weighted by Crippen LogP contribution is -2.34. The third kappa shape index (κ3) is 2.81. The lowest BCUT2D eigenvalue weighted by molar-refractivity contribution is 0.344. The van der Waals surface area contributed by atoms with Crippen LogP contribution >= 0.6 is 11.6 Å². The molecule has 2 rings (SSSR count). The minimum absolute atomic E-state index is 0.474. The van der Waals surface area contributed by atoms with Crippen LogP contribution in [0.5, 0.6) is 5.75 Å². The molecule has 0 saturated heterocycles. The van der Waals surface area contributed by atoms with Gasteiger partial charge < -0.3 is 10.1 Å². The fourth-order valence-corrected chi connectivity index (χ4v) is 2.87. The normalized spacial score (nSPS) is 17.1. The minimum Gasteiger partial charge on any atom is -0.493 e. The van der Waals surface area contributed by atoms with Crippen LogP contribution in [-0.2, 0) is 12.8 Å². The van der Waals surface area contributed by atoms with E-state index in [4.69, 9.17) is 16.3 Å². The van der Waals surface area contributed by atoms with Gasteiger partial charge in [0.25, 0.3) is 0 Å². The van der Waals surface area contributed by atoms with Crippen LogP contribution in [0.1, 0.15) is 31.4 Å².